The molecule has 0 unspecified atom stereocenters. The van der Waals surface area contributed by atoms with E-state index in [2.05, 4.69) is 10.6 Å². The van der Waals surface area contributed by atoms with Gasteiger partial charge in [0.05, 0.1) is 32.6 Å². The Balaban J connectivity index is 2.05. The molecule has 126 valence electrons. The van der Waals surface area contributed by atoms with E-state index in [1.54, 1.807) is 51.7 Å². The van der Waals surface area contributed by atoms with Gasteiger partial charge in [-0.25, -0.2) is 0 Å². The highest BCUT2D eigenvalue weighted by Gasteiger charge is 2.28. The summed E-state index contributed by atoms with van der Waals surface area (Å²) in [7, 11) is 4.66. The molecule has 2 aromatic rings. The normalized spacial score (nSPS) is 15.8. The van der Waals surface area contributed by atoms with E-state index in [4.69, 9.17) is 25.8 Å². The maximum Gasteiger partial charge on any atom is 0.255 e. The molecule has 0 radical (unpaired) electrons. The van der Waals surface area contributed by atoms with Gasteiger partial charge in [-0.05, 0) is 24.3 Å². The van der Waals surface area contributed by atoms with E-state index >= 15 is 0 Å². The highest BCUT2D eigenvalue weighted by molar-refractivity contribution is 6.31. The Morgan fingerprint density at radius 2 is 1.58 bits per heavy atom. The summed E-state index contributed by atoms with van der Waals surface area (Å²) in [6.07, 6.45) is -0.488. The third kappa shape index (κ3) is 2.80. The minimum absolute atomic E-state index is 0.192. The van der Waals surface area contributed by atoms with Crippen LogP contribution in [0.2, 0.25) is 5.02 Å². The lowest BCUT2D eigenvalue weighted by Crippen LogP contribution is -2.38. The number of fused-ring (bicyclic) bond motifs is 1. The third-order valence-electron chi connectivity index (χ3n) is 3.85. The van der Waals surface area contributed by atoms with Crippen molar-refractivity contribution < 1.29 is 19.0 Å². The highest BCUT2D eigenvalue weighted by atomic mass is 35.5. The van der Waals surface area contributed by atoms with Crippen molar-refractivity contribution in [2.45, 2.75) is 6.17 Å². The third-order valence-corrected chi connectivity index (χ3v) is 4.08. The van der Waals surface area contributed by atoms with Gasteiger partial charge in [0.1, 0.15) is 11.9 Å². The molecule has 1 heterocycles. The van der Waals surface area contributed by atoms with E-state index in [1.165, 1.54) is 0 Å². The minimum Gasteiger partial charge on any atom is -0.496 e. The molecule has 7 heteroatoms. The molecule has 0 fully saturated rings. The molecule has 1 aliphatic rings. The van der Waals surface area contributed by atoms with Crippen LogP contribution >= 0.6 is 11.6 Å². The number of carbonyl (C=O) groups is 1. The Morgan fingerprint density at radius 3 is 2.25 bits per heavy atom. The standard InChI is InChI=1S/C17H17ClN2O4/c1-22-13-8-15(24-3)14(23-2)7-11(13)16-19-12-6-9(18)4-5-10(12)17(21)20-16/h4-8,16,19H,1-3H3,(H,20,21)/t16-/m1/s1. The molecule has 0 bridgehead atoms. The van der Waals surface area contributed by atoms with Gasteiger partial charge in [0.25, 0.3) is 5.91 Å². The quantitative estimate of drug-likeness (QED) is 0.888. The average Bonchev–Trinajstić information content (AvgIpc) is 2.59. The number of anilines is 1. The van der Waals surface area contributed by atoms with Gasteiger partial charge in [-0.1, -0.05) is 11.6 Å². The number of carbonyl (C=O) groups excluding carboxylic acids is 1. The Hall–Kier alpha value is -2.60. The van der Waals surface area contributed by atoms with Crippen LogP contribution in [0.3, 0.4) is 0 Å². The summed E-state index contributed by atoms with van der Waals surface area (Å²) < 4.78 is 16.1. The Labute approximate surface area is 144 Å². The summed E-state index contributed by atoms with van der Waals surface area (Å²) in [6.45, 7) is 0. The van der Waals surface area contributed by atoms with Gasteiger partial charge in [-0.15, -0.1) is 0 Å². The molecule has 2 N–H and O–H groups in total. The molecule has 1 atom stereocenters. The number of rotatable bonds is 4. The molecule has 1 aliphatic heterocycles. The number of halogens is 1. The molecular weight excluding hydrogens is 332 g/mol. The van der Waals surface area contributed by atoms with Gasteiger partial charge in [-0.3, -0.25) is 4.79 Å². The summed E-state index contributed by atoms with van der Waals surface area (Å²) >= 11 is 6.03. The number of hydrogen-bond acceptors (Lipinski definition) is 5. The highest BCUT2D eigenvalue weighted by Crippen LogP contribution is 2.39. The maximum atomic E-state index is 12.4. The van der Waals surface area contributed by atoms with Gasteiger partial charge < -0.3 is 24.8 Å². The van der Waals surface area contributed by atoms with Crippen LogP contribution in [-0.2, 0) is 0 Å². The fourth-order valence-corrected chi connectivity index (χ4v) is 2.84. The summed E-state index contributed by atoms with van der Waals surface area (Å²) in [4.78, 5) is 12.4. The van der Waals surface area contributed by atoms with Gasteiger partial charge in [0.2, 0.25) is 0 Å². The van der Waals surface area contributed by atoms with Crippen molar-refractivity contribution in [3.8, 4) is 17.2 Å². The summed E-state index contributed by atoms with van der Waals surface area (Å²) in [6, 6.07) is 8.57. The van der Waals surface area contributed by atoms with Crippen LogP contribution < -0.4 is 24.8 Å². The van der Waals surface area contributed by atoms with E-state index in [1.807, 2.05) is 0 Å². The van der Waals surface area contributed by atoms with Gasteiger partial charge in [0.15, 0.2) is 11.5 Å². The zero-order valence-corrected chi connectivity index (χ0v) is 14.2. The van der Waals surface area contributed by atoms with Crippen molar-refractivity contribution in [1.82, 2.24) is 5.32 Å². The second-order valence-corrected chi connectivity index (χ2v) is 5.63. The first kappa shape index (κ1) is 16.3. The van der Waals surface area contributed by atoms with E-state index in [-0.39, 0.29) is 5.91 Å². The summed E-state index contributed by atoms with van der Waals surface area (Å²) in [5, 5.41) is 6.71. The van der Waals surface area contributed by atoms with Crippen LogP contribution in [0.25, 0.3) is 0 Å². The van der Waals surface area contributed by atoms with Crippen molar-refractivity contribution >= 4 is 23.2 Å². The van der Waals surface area contributed by atoms with Crippen LogP contribution in [0, 0.1) is 0 Å². The van der Waals surface area contributed by atoms with Crippen LogP contribution in [0.4, 0.5) is 5.69 Å². The van der Waals surface area contributed by atoms with Crippen molar-refractivity contribution in [2.75, 3.05) is 26.6 Å². The zero-order valence-electron chi connectivity index (χ0n) is 13.5. The van der Waals surface area contributed by atoms with Crippen molar-refractivity contribution in [2.24, 2.45) is 0 Å². The lowest BCUT2D eigenvalue weighted by Gasteiger charge is -2.29. The lowest BCUT2D eigenvalue weighted by molar-refractivity contribution is 0.0935. The fraction of sp³-hybridized carbons (Fsp3) is 0.235. The van der Waals surface area contributed by atoms with E-state index in [9.17, 15) is 4.79 Å². The van der Waals surface area contributed by atoms with Crippen LogP contribution in [0.15, 0.2) is 30.3 Å². The Kier molecular flexibility index (Phi) is 4.40. The van der Waals surface area contributed by atoms with Crippen LogP contribution in [-0.4, -0.2) is 27.2 Å². The van der Waals surface area contributed by atoms with Crippen molar-refractivity contribution in [1.29, 1.82) is 0 Å². The molecule has 1 amide bonds. The molecule has 24 heavy (non-hydrogen) atoms. The largest absolute Gasteiger partial charge is 0.496 e. The number of benzene rings is 2. The fourth-order valence-electron chi connectivity index (χ4n) is 2.67. The molecule has 0 aromatic heterocycles. The lowest BCUT2D eigenvalue weighted by atomic mass is 10.0. The van der Waals surface area contributed by atoms with Crippen molar-refractivity contribution in [3.63, 3.8) is 0 Å². The predicted octanol–water partition coefficient (Wildman–Crippen LogP) is 3.22. The first-order valence-electron chi connectivity index (χ1n) is 7.24. The number of amides is 1. The van der Waals surface area contributed by atoms with Crippen LogP contribution in [0.1, 0.15) is 22.1 Å². The maximum absolute atomic E-state index is 12.4. The first-order valence-corrected chi connectivity index (χ1v) is 7.62. The molecular formula is C17H17ClN2O4. The van der Waals surface area contributed by atoms with Gasteiger partial charge >= 0.3 is 0 Å². The smallest absolute Gasteiger partial charge is 0.255 e. The molecule has 0 aliphatic carbocycles. The molecule has 0 saturated heterocycles. The average molecular weight is 349 g/mol. The second-order valence-electron chi connectivity index (χ2n) is 5.19. The molecule has 0 saturated carbocycles. The topological polar surface area (TPSA) is 68.8 Å². The second kappa shape index (κ2) is 6.49. The predicted molar refractivity (Wildman–Crippen MR) is 91.4 cm³/mol. The van der Waals surface area contributed by atoms with Crippen molar-refractivity contribution in [3.05, 3.63) is 46.5 Å². The number of ether oxygens (including phenoxy) is 3. The minimum atomic E-state index is -0.488. The first-order chi connectivity index (χ1) is 11.6. The zero-order chi connectivity index (χ0) is 17.3. The van der Waals surface area contributed by atoms with Gasteiger partial charge in [0, 0.05) is 16.7 Å². The molecule has 3 rings (SSSR count). The molecule has 6 nitrogen and oxygen atoms in total. The van der Waals surface area contributed by atoms with E-state index in [0.717, 1.165) is 0 Å². The number of methoxy groups -OCH3 is 3. The number of nitrogens with one attached hydrogen (secondary N) is 2. The Morgan fingerprint density at radius 1 is 0.917 bits per heavy atom. The summed E-state index contributed by atoms with van der Waals surface area (Å²) in [5.74, 6) is 1.46. The van der Waals surface area contributed by atoms with E-state index < -0.39 is 6.17 Å². The Bertz CT molecular complexity index is 794. The monoisotopic (exact) mass is 348 g/mol. The molecule has 2 aromatic carbocycles. The molecule has 0 spiro atoms. The SMILES string of the molecule is COc1cc(OC)c([C@H]2NC(=O)c3ccc(Cl)cc3N2)cc1OC. The van der Waals surface area contributed by atoms with E-state index in [0.29, 0.717) is 39.1 Å². The number of hydrogen-bond donors (Lipinski definition) is 2. The van der Waals surface area contributed by atoms with Gasteiger partial charge in [-0.2, -0.15) is 0 Å². The summed E-state index contributed by atoms with van der Waals surface area (Å²) in [5.41, 5.74) is 1.91. The van der Waals surface area contributed by atoms with Crippen LogP contribution in [0.5, 0.6) is 17.2 Å².